The van der Waals surface area contributed by atoms with E-state index in [0.29, 0.717) is 5.82 Å². The standard InChI is InChI=1S/C8H12N4S/c1-8(2,3)6-5(13-4-9)7(10)12-11-6/h1-3H3,(H3,10,11,12). The van der Waals surface area contributed by atoms with E-state index in [1.165, 1.54) is 0 Å². The zero-order valence-corrected chi connectivity index (χ0v) is 8.70. The Kier molecular flexibility index (Phi) is 2.52. The maximum atomic E-state index is 8.57. The maximum absolute atomic E-state index is 8.57. The molecule has 0 radical (unpaired) electrons. The van der Waals surface area contributed by atoms with Crippen LogP contribution in [0.3, 0.4) is 0 Å². The van der Waals surface area contributed by atoms with Crippen molar-refractivity contribution in [1.82, 2.24) is 10.2 Å². The number of thiocyanates is 1. The van der Waals surface area contributed by atoms with Crippen molar-refractivity contribution in [3.05, 3.63) is 5.69 Å². The molecule has 0 bridgehead atoms. The fourth-order valence-corrected chi connectivity index (χ4v) is 1.70. The van der Waals surface area contributed by atoms with Gasteiger partial charge in [0.25, 0.3) is 0 Å². The van der Waals surface area contributed by atoms with Gasteiger partial charge in [0.15, 0.2) is 5.82 Å². The average Bonchev–Trinajstić information content (AvgIpc) is 2.32. The lowest BCUT2D eigenvalue weighted by molar-refractivity contribution is 0.556. The molecule has 0 spiro atoms. The van der Waals surface area contributed by atoms with Crippen LogP contribution in [0, 0.1) is 10.7 Å². The Morgan fingerprint density at radius 2 is 2.15 bits per heavy atom. The first kappa shape index (κ1) is 9.93. The van der Waals surface area contributed by atoms with Crippen molar-refractivity contribution in [2.75, 3.05) is 5.73 Å². The molecule has 0 unspecified atom stereocenters. The molecule has 3 N–H and O–H groups in total. The SMILES string of the molecule is CC(C)(C)c1[nH]nc(N)c1SC#N. The number of nitrogens with one attached hydrogen (secondary N) is 1. The van der Waals surface area contributed by atoms with E-state index in [-0.39, 0.29) is 5.41 Å². The van der Waals surface area contributed by atoms with Crippen LogP contribution in [0.4, 0.5) is 5.82 Å². The molecule has 13 heavy (non-hydrogen) atoms. The predicted molar refractivity (Wildman–Crippen MR) is 53.2 cm³/mol. The number of rotatable bonds is 1. The lowest BCUT2D eigenvalue weighted by atomic mass is 9.92. The Morgan fingerprint density at radius 1 is 1.54 bits per heavy atom. The number of nitrogen functional groups attached to an aromatic ring is 1. The second kappa shape index (κ2) is 3.30. The van der Waals surface area contributed by atoms with Gasteiger partial charge in [-0.3, -0.25) is 5.10 Å². The van der Waals surface area contributed by atoms with E-state index in [4.69, 9.17) is 11.0 Å². The molecular formula is C8H12N4S. The number of hydrogen-bond acceptors (Lipinski definition) is 4. The lowest BCUT2D eigenvalue weighted by Crippen LogP contribution is -2.12. The van der Waals surface area contributed by atoms with E-state index in [1.807, 2.05) is 26.2 Å². The van der Waals surface area contributed by atoms with Crippen molar-refractivity contribution in [3.63, 3.8) is 0 Å². The number of H-pyrrole nitrogens is 1. The van der Waals surface area contributed by atoms with Gasteiger partial charge in [-0.2, -0.15) is 10.4 Å². The third-order valence-electron chi connectivity index (χ3n) is 1.65. The van der Waals surface area contributed by atoms with Crippen molar-refractivity contribution in [2.24, 2.45) is 0 Å². The Hall–Kier alpha value is -1.15. The molecule has 0 saturated heterocycles. The summed E-state index contributed by atoms with van der Waals surface area (Å²) < 4.78 is 0. The number of thioether (sulfide) groups is 1. The van der Waals surface area contributed by atoms with Crippen LogP contribution in [-0.4, -0.2) is 10.2 Å². The lowest BCUT2D eigenvalue weighted by Gasteiger charge is -2.16. The first-order valence-electron chi connectivity index (χ1n) is 3.87. The van der Waals surface area contributed by atoms with Crippen molar-refractivity contribution < 1.29 is 0 Å². The normalized spacial score (nSPS) is 11.2. The van der Waals surface area contributed by atoms with Gasteiger partial charge in [0.05, 0.1) is 10.6 Å². The van der Waals surface area contributed by atoms with Gasteiger partial charge in [-0.15, -0.1) is 0 Å². The quantitative estimate of drug-likeness (QED) is 0.531. The molecule has 0 amide bonds. The van der Waals surface area contributed by atoms with Crippen LogP contribution in [0.25, 0.3) is 0 Å². The van der Waals surface area contributed by atoms with Crippen LogP contribution in [-0.2, 0) is 5.41 Å². The van der Waals surface area contributed by atoms with E-state index in [1.54, 1.807) is 0 Å². The molecule has 0 aliphatic rings. The van der Waals surface area contributed by atoms with Crippen molar-refractivity contribution in [3.8, 4) is 5.40 Å². The van der Waals surface area contributed by atoms with Crippen molar-refractivity contribution >= 4 is 17.6 Å². The molecule has 0 saturated carbocycles. The summed E-state index contributed by atoms with van der Waals surface area (Å²) in [4.78, 5) is 0.745. The van der Waals surface area contributed by atoms with Crippen LogP contribution in [0.1, 0.15) is 26.5 Å². The molecule has 0 fully saturated rings. The van der Waals surface area contributed by atoms with Gasteiger partial charge >= 0.3 is 0 Å². The number of anilines is 1. The minimum absolute atomic E-state index is 0.0657. The second-order valence-corrected chi connectivity index (χ2v) is 4.55. The number of aromatic amines is 1. The molecule has 5 heteroatoms. The molecule has 0 aromatic carbocycles. The summed E-state index contributed by atoms with van der Waals surface area (Å²) >= 11 is 1.05. The van der Waals surface area contributed by atoms with Crippen LogP contribution < -0.4 is 5.73 Å². The molecule has 1 heterocycles. The van der Waals surface area contributed by atoms with Crippen LogP contribution >= 0.6 is 11.8 Å². The highest BCUT2D eigenvalue weighted by Gasteiger charge is 2.22. The fraction of sp³-hybridized carbons (Fsp3) is 0.500. The van der Waals surface area contributed by atoms with E-state index in [2.05, 4.69) is 10.2 Å². The summed E-state index contributed by atoms with van der Waals surface area (Å²) in [5, 5.41) is 17.3. The number of hydrogen-bond donors (Lipinski definition) is 2. The Balaban J connectivity index is 3.17. The van der Waals surface area contributed by atoms with Gasteiger partial charge in [-0.05, 0) is 11.8 Å². The minimum Gasteiger partial charge on any atom is -0.381 e. The Labute approximate surface area is 81.5 Å². The van der Waals surface area contributed by atoms with Gasteiger partial charge in [0.1, 0.15) is 5.40 Å². The average molecular weight is 196 g/mol. The zero-order valence-electron chi connectivity index (χ0n) is 7.88. The summed E-state index contributed by atoms with van der Waals surface area (Å²) in [7, 11) is 0. The molecule has 1 aromatic rings. The predicted octanol–water partition coefficient (Wildman–Crippen LogP) is 1.86. The zero-order chi connectivity index (χ0) is 10.1. The van der Waals surface area contributed by atoms with Crippen LogP contribution in [0.2, 0.25) is 0 Å². The highest BCUT2D eigenvalue weighted by molar-refractivity contribution is 8.03. The fourth-order valence-electron chi connectivity index (χ4n) is 1.00. The van der Waals surface area contributed by atoms with Crippen LogP contribution in [0.5, 0.6) is 0 Å². The van der Waals surface area contributed by atoms with Gasteiger partial charge < -0.3 is 5.73 Å². The molecule has 1 rings (SSSR count). The van der Waals surface area contributed by atoms with E-state index >= 15 is 0 Å². The smallest absolute Gasteiger partial charge is 0.160 e. The summed E-state index contributed by atoms with van der Waals surface area (Å²) in [6, 6.07) is 0. The minimum atomic E-state index is -0.0657. The number of nitrogens with zero attached hydrogens (tertiary/aromatic N) is 2. The second-order valence-electron chi connectivity index (χ2n) is 3.76. The van der Waals surface area contributed by atoms with Crippen molar-refractivity contribution in [2.45, 2.75) is 31.1 Å². The summed E-state index contributed by atoms with van der Waals surface area (Å²) in [5.41, 5.74) is 6.46. The van der Waals surface area contributed by atoms with E-state index in [9.17, 15) is 0 Å². The maximum Gasteiger partial charge on any atom is 0.160 e. The van der Waals surface area contributed by atoms with E-state index in [0.717, 1.165) is 22.4 Å². The summed E-state index contributed by atoms with van der Waals surface area (Å²) in [6.45, 7) is 6.13. The summed E-state index contributed by atoms with van der Waals surface area (Å²) in [5.74, 6) is 0.400. The van der Waals surface area contributed by atoms with Gasteiger partial charge in [0.2, 0.25) is 0 Å². The summed E-state index contributed by atoms with van der Waals surface area (Å²) in [6.07, 6.45) is 0. The highest BCUT2D eigenvalue weighted by atomic mass is 32.2. The first-order chi connectivity index (χ1) is 5.96. The molecule has 0 atom stereocenters. The van der Waals surface area contributed by atoms with Gasteiger partial charge in [0, 0.05) is 5.41 Å². The number of nitrogens with two attached hydrogens (primary N) is 1. The van der Waals surface area contributed by atoms with Crippen LogP contribution in [0.15, 0.2) is 4.90 Å². The third kappa shape index (κ3) is 1.95. The van der Waals surface area contributed by atoms with E-state index < -0.39 is 0 Å². The topological polar surface area (TPSA) is 78.5 Å². The highest BCUT2D eigenvalue weighted by Crippen LogP contribution is 2.33. The molecular weight excluding hydrogens is 184 g/mol. The number of nitriles is 1. The molecule has 0 aliphatic heterocycles. The molecule has 1 aromatic heterocycles. The Bertz CT molecular complexity index is 342. The Morgan fingerprint density at radius 3 is 2.62 bits per heavy atom. The molecule has 4 nitrogen and oxygen atoms in total. The molecule has 0 aliphatic carbocycles. The monoisotopic (exact) mass is 196 g/mol. The largest absolute Gasteiger partial charge is 0.381 e. The molecule has 70 valence electrons. The first-order valence-corrected chi connectivity index (χ1v) is 4.68. The van der Waals surface area contributed by atoms with Crippen molar-refractivity contribution in [1.29, 1.82) is 5.26 Å². The van der Waals surface area contributed by atoms with Gasteiger partial charge in [-0.25, -0.2) is 0 Å². The third-order valence-corrected chi connectivity index (χ3v) is 2.35. The number of aromatic nitrogens is 2. The van der Waals surface area contributed by atoms with Gasteiger partial charge in [-0.1, -0.05) is 20.8 Å².